The maximum absolute atomic E-state index is 12.9. The van der Waals surface area contributed by atoms with E-state index in [4.69, 9.17) is 4.74 Å². The minimum Gasteiger partial charge on any atom is -0.395 e. The summed E-state index contributed by atoms with van der Waals surface area (Å²) in [6.07, 6.45) is 3.34. The Labute approximate surface area is 122 Å². The highest BCUT2D eigenvalue weighted by Crippen LogP contribution is 2.30. The first-order chi connectivity index (χ1) is 10.1. The van der Waals surface area contributed by atoms with Gasteiger partial charge in [-0.3, -0.25) is 0 Å². The van der Waals surface area contributed by atoms with E-state index in [1.165, 1.54) is 10.5 Å². The molecule has 0 spiro atoms. The summed E-state index contributed by atoms with van der Waals surface area (Å²) in [5.41, 5.74) is 0.527. The van der Waals surface area contributed by atoms with Crippen LogP contribution in [0.25, 0.3) is 11.0 Å². The van der Waals surface area contributed by atoms with Crippen LogP contribution in [0, 0.1) is 0 Å². The highest BCUT2D eigenvalue weighted by Gasteiger charge is 2.40. The summed E-state index contributed by atoms with van der Waals surface area (Å²) in [5, 5.41) is 9.99. The van der Waals surface area contributed by atoms with Crippen molar-refractivity contribution in [3.63, 3.8) is 0 Å². The molecule has 21 heavy (non-hydrogen) atoms. The van der Waals surface area contributed by atoms with E-state index in [1.54, 1.807) is 25.4 Å². The second-order valence-corrected chi connectivity index (χ2v) is 6.92. The topological polar surface area (TPSA) is 95.5 Å². The van der Waals surface area contributed by atoms with Crippen molar-refractivity contribution in [2.24, 2.45) is 0 Å². The molecule has 2 atom stereocenters. The Morgan fingerprint density at radius 2 is 2.38 bits per heavy atom. The van der Waals surface area contributed by atoms with Gasteiger partial charge in [0.15, 0.2) is 0 Å². The fourth-order valence-electron chi connectivity index (χ4n) is 2.75. The zero-order valence-electron chi connectivity index (χ0n) is 11.6. The second kappa shape index (κ2) is 5.38. The molecule has 0 aliphatic carbocycles. The van der Waals surface area contributed by atoms with E-state index in [1.807, 2.05) is 0 Å². The molecular formula is C13H17N3O4S. The van der Waals surface area contributed by atoms with Crippen LogP contribution in [0.3, 0.4) is 0 Å². The number of aliphatic hydroxyl groups is 1. The molecule has 0 saturated carbocycles. The molecule has 2 aromatic heterocycles. The molecule has 0 amide bonds. The van der Waals surface area contributed by atoms with Gasteiger partial charge in [0.1, 0.15) is 10.5 Å². The molecule has 7 nitrogen and oxygen atoms in total. The number of aromatic nitrogens is 2. The number of ether oxygens (including phenoxy) is 1. The molecule has 2 aromatic rings. The van der Waals surface area contributed by atoms with Gasteiger partial charge in [0, 0.05) is 31.4 Å². The number of methoxy groups -OCH3 is 1. The Balaban J connectivity index is 2.04. The van der Waals surface area contributed by atoms with Gasteiger partial charge in [-0.05, 0) is 18.6 Å². The first-order valence-electron chi connectivity index (χ1n) is 6.65. The number of pyridine rings is 1. The summed E-state index contributed by atoms with van der Waals surface area (Å²) >= 11 is 0. The molecular weight excluding hydrogens is 294 g/mol. The fourth-order valence-corrected chi connectivity index (χ4v) is 4.56. The summed E-state index contributed by atoms with van der Waals surface area (Å²) in [4.78, 5) is 7.15. The van der Waals surface area contributed by atoms with Gasteiger partial charge in [-0.15, -0.1) is 0 Å². The normalized spacial score (nSPS) is 23.9. The molecule has 1 aliphatic heterocycles. The van der Waals surface area contributed by atoms with E-state index in [2.05, 4.69) is 9.97 Å². The zero-order valence-corrected chi connectivity index (χ0v) is 12.4. The van der Waals surface area contributed by atoms with Gasteiger partial charge in [0.2, 0.25) is 10.0 Å². The number of aromatic amines is 1. The maximum Gasteiger partial charge on any atom is 0.245 e. The highest BCUT2D eigenvalue weighted by atomic mass is 32.2. The van der Waals surface area contributed by atoms with E-state index in [0.717, 1.165) is 0 Å². The van der Waals surface area contributed by atoms with Crippen LogP contribution >= 0.6 is 0 Å². The van der Waals surface area contributed by atoms with Crippen LogP contribution in [0.4, 0.5) is 0 Å². The van der Waals surface area contributed by atoms with Crippen molar-refractivity contribution in [3.8, 4) is 0 Å². The van der Waals surface area contributed by atoms with E-state index in [0.29, 0.717) is 17.5 Å². The molecule has 0 bridgehead atoms. The molecule has 3 heterocycles. The predicted octanol–water partition coefficient (Wildman–Crippen LogP) is 0.333. The zero-order chi connectivity index (χ0) is 15.0. The average Bonchev–Trinajstić information content (AvgIpc) is 3.11. The molecule has 0 unspecified atom stereocenters. The molecule has 0 aromatic carbocycles. The number of nitrogens with zero attached hydrogens (tertiary/aromatic N) is 2. The van der Waals surface area contributed by atoms with Gasteiger partial charge in [0.25, 0.3) is 0 Å². The third-order valence-corrected chi connectivity index (χ3v) is 5.83. The quantitative estimate of drug-likeness (QED) is 0.848. The van der Waals surface area contributed by atoms with Crippen molar-refractivity contribution in [2.45, 2.75) is 23.5 Å². The highest BCUT2D eigenvalue weighted by molar-refractivity contribution is 7.89. The van der Waals surface area contributed by atoms with Gasteiger partial charge in [-0.1, -0.05) is 0 Å². The van der Waals surface area contributed by atoms with Gasteiger partial charge in [0.05, 0.1) is 18.8 Å². The Kier molecular flexibility index (Phi) is 3.70. The Hall–Kier alpha value is -1.48. The van der Waals surface area contributed by atoms with Crippen LogP contribution in [0.1, 0.15) is 6.42 Å². The van der Waals surface area contributed by atoms with Crippen molar-refractivity contribution in [1.82, 2.24) is 14.3 Å². The first kappa shape index (κ1) is 14.5. The molecule has 3 rings (SSSR count). The van der Waals surface area contributed by atoms with Crippen LogP contribution in [0.15, 0.2) is 29.4 Å². The number of nitrogens with one attached hydrogen (secondary N) is 1. The summed E-state index contributed by atoms with van der Waals surface area (Å²) in [5.74, 6) is 0. The van der Waals surface area contributed by atoms with Crippen molar-refractivity contribution < 1.29 is 18.3 Å². The molecule has 0 radical (unpaired) electrons. The van der Waals surface area contributed by atoms with Crippen molar-refractivity contribution in [3.05, 3.63) is 24.5 Å². The number of H-pyrrole nitrogens is 1. The summed E-state index contributed by atoms with van der Waals surface area (Å²) in [6, 6.07) is 2.95. The predicted molar refractivity (Wildman–Crippen MR) is 76.3 cm³/mol. The maximum atomic E-state index is 12.9. The number of fused-ring (bicyclic) bond motifs is 1. The van der Waals surface area contributed by atoms with Crippen LogP contribution in [-0.4, -0.2) is 60.2 Å². The molecule has 114 valence electrons. The molecule has 8 heteroatoms. The molecule has 2 N–H and O–H groups in total. The molecule has 1 fully saturated rings. The second-order valence-electron chi connectivity index (χ2n) is 5.06. The van der Waals surface area contributed by atoms with Crippen molar-refractivity contribution in [2.75, 3.05) is 20.3 Å². The first-order valence-corrected chi connectivity index (χ1v) is 8.09. The fraction of sp³-hybridized carbons (Fsp3) is 0.462. The van der Waals surface area contributed by atoms with Crippen LogP contribution < -0.4 is 0 Å². The van der Waals surface area contributed by atoms with E-state index in [-0.39, 0.29) is 24.2 Å². The average molecular weight is 311 g/mol. The number of sulfonamides is 1. The summed E-state index contributed by atoms with van der Waals surface area (Å²) < 4.78 is 32.3. The third-order valence-electron chi connectivity index (χ3n) is 3.87. The van der Waals surface area contributed by atoms with Crippen LogP contribution in [0.2, 0.25) is 0 Å². The standard InChI is InChI=1S/C13H17N3O4S/c1-20-10-5-9(8-17)16(7-10)21(18,19)12-6-15-13-11(12)3-2-4-14-13/h2-4,6,9-10,17H,5,7-8H2,1H3,(H,14,15)/t9-,10+/m0/s1. The van der Waals surface area contributed by atoms with Gasteiger partial charge in [-0.25, -0.2) is 13.4 Å². The summed E-state index contributed by atoms with van der Waals surface area (Å²) in [6.45, 7) is 0.0245. The Morgan fingerprint density at radius 1 is 1.57 bits per heavy atom. The van der Waals surface area contributed by atoms with Gasteiger partial charge < -0.3 is 14.8 Å². The van der Waals surface area contributed by atoms with Crippen LogP contribution in [-0.2, 0) is 14.8 Å². The lowest BCUT2D eigenvalue weighted by atomic mass is 10.2. The van der Waals surface area contributed by atoms with Gasteiger partial charge in [-0.2, -0.15) is 4.31 Å². The smallest absolute Gasteiger partial charge is 0.245 e. The lowest BCUT2D eigenvalue weighted by Crippen LogP contribution is -2.37. The third kappa shape index (κ3) is 2.34. The van der Waals surface area contributed by atoms with E-state index < -0.39 is 16.1 Å². The number of hydrogen-bond donors (Lipinski definition) is 2. The van der Waals surface area contributed by atoms with Crippen molar-refractivity contribution >= 4 is 21.1 Å². The lowest BCUT2D eigenvalue weighted by Gasteiger charge is -2.21. The van der Waals surface area contributed by atoms with Crippen molar-refractivity contribution in [1.29, 1.82) is 0 Å². The minimum absolute atomic E-state index is 0.181. The largest absolute Gasteiger partial charge is 0.395 e. The van der Waals surface area contributed by atoms with Gasteiger partial charge >= 0.3 is 0 Å². The van der Waals surface area contributed by atoms with Crippen LogP contribution in [0.5, 0.6) is 0 Å². The molecule has 1 saturated heterocycles. The summed E-state index contributed by atoms with van der Waals surface area (Å²) in [7, 11) is -2.16. The number of aliphatic hydroxyl groups excluding tert-OH is 1. The lowest BCUT2D eigenvalue weighted by molar-refractivity contribution is 0.113. The van der Waals surface area contributed by atoms with E-state index in [9.17, 15) is 13.5 Å². The molecule has 1 aliphatic rings. The Bertz CT molecular complexity index is 743. The number of hydrogen-bond acceptors (Lipinski definition) is 5. The monoisotopic (exact) mass is 311 g/mol. The number of rotatable bonds is 4. The Morgan fingerprint density at radius 3 is 3.10 bits per heavy atom. The minimum atomic E-state index is -3.70. The van der Waals surface area contributed by atoms with E-state index >= 15 is 0 Å². The SMILES string of the molecule is CO[C@@H]1C[C@@H](CO)N(S(=O)(=O)c2c[nH]c3ncccc23)C1.